The van der Waals surface area contributed by atoms with Crippen LogP contribution in [-0.2, 0) is 9.53 Å². The molecule has 0 unspecified atom stereocenters. The molecule has 0 saturated carbocycles. The zero-order chi connectivity index (χ0) is 10.1. The summed E-state index contributed by atoms with van der Waals surface area (Å²) < 4.78 is 4.71. The molecule has 4 heteroatoms. The number of ether oxygens (including phenoxy) is 1. The number of rotatable bonds is 7. The summed E-state index contributed by atoms with van der Waals surface area (Å²) >= 11 is 0. The Morgan fingerprint density at radius 1 is 1.43 bits per heavy atom. The monoisotopic (exact) mass is 212 g/mol. The normalized spacial score (nSPS) is 9.71. The van der Waals surface area contributed by atoms with Crippen molar-refractivity contribution >= 4 is 5.97 Å². The summed E-state index contributed by atoms with van der Waals surface area (Å²) in [6.07, 6.45) is 3.61. The molecule has 0 aliphatic carbocycles. The Hall–Kier alpha value is 0.430. The Labute approximate surface area is 110 Å². The quantitative estimate of drug-likeness (QED) is 0.329. The second-order valence-corrected chi connectivity index (χ2v) is 3.58. The molecular weight excluding hydrogens is 191 g/mol. The molecule has 0 bridgehead atoms. The fourth-order valence-corrected chi connectivity index (χ4v) is 1.05. The van der Waals surface area contributed by atoms with Gasteiger partial charge in [0.05, 0.1) is 6.61 Å². The van der Waals surface area contributed by atoms with E-state index in [1.165, 1.54) is 0 Å². The number of aliphatic hydroxyl groups is 1. The predicted octanol–water partition coefficient (Wildman–Crippen LogP) is -1.15. The second kappa shape index (κ2) is 11.5. The maximum Gasteiger partial charge on any atom is 1.00 e. The maximum absolute atomic E-state index is 10.9. The number of unbranched alkanes of at least 4 members (excludes halogenated alkanes) is 1. The summed E-state index contributed by atoms with van der Waals surface area (Å²) in [5.74, 6) is 0.506. The molecule has 0 aliphatic rings. The Morgan fingerprint density at radius 2 is 2.07 bits per heavy atom. The third-order valence-electron chi connectivity index (χ3n) is 1.77. The van der Waals surface area contributed by atoms with E-state index < -0.39 is 0 Å². The average Bonchev–Trinajstić information content (AvgIpc) is 2.08. The first-order valence-corrected chi connectivity index (χ1v) is 4.93. The number of esters is 1. The zero-order valence-electron chi connectivity index (χ0n) is 10.6. The van der Waals surface area contributed by atoms with Gasteiger partial charge in [-0.25, -0.2) is 0 Å². The van der Waals surface area contributed by atoms with Crippen LogP contribution in [0, 0.1) is 5.92 Å². The fourth-order valence-electron chi connectivity index (χ4n) is 1.05. The van der Waals surface area contributed by atoms with Gasteiger partial charge in [-0.05, 0) is 12.3 Å². The van der Waals surface area contributed by atoms with Gasteiger partial charge in [-0.3, -0.25) is 4.79 Å². The zero-order valence-corrected chi connectivity index (χ0v) is 11.6. The van der Waals surface area contributed by atoms with Gasteiger partial charge >= 0.3 is 35.5 Å². The molecule has 0 aliphatic heterocycles. The number of hydrogen-bond acceptors (Lipinski definition) is 3. The van der Waals surface area contributed by atoms with Crippen molar-refractivity contribution in [3.8, 4) is 0 Å². The number of carbonyl (C=O) groups excluding carboxylic acids is 1. The molecule has 0 saturated heterocycles. The van der Waals surface area contributed by atoms with E-state index in [4.69, 9.17) is 9.84 Å². The molecule has 1 N–H and O–H groups in total. The van der Waals surface area contributed by atoms with Crippen molar-refractivity contribution in [3.63, 3.8) is 0 Å². The molecule has 0 rings (SSSR count). The van der Waals surface area contributed by atoms with Gasteiger partial charge in [-0.1, -0.05) is 26.7 Å². The third kappa shape index (κ3) is 12.4. The molecule has 0 radical (unpaired) electrons. The predicted molar refractivity (Wildman–Crippen MR) is 52.5 cm³/mol. The van der Waals surface area contributed by atoms with E-state index in [1.807, 2.05) is 0 Å². The molecule has 0 fully saturated rings. The van der Waals surface area contributed by atoms with Crippen LogP contribution >= 0.6 is 0 Å². The van der Waals surface area contributed by atoms with Crippen LogP contribution in [-0.4, -0.2) is 24.3 Å². The van der Waals surface area contributed by atoms with Crippen LogP contribution in [0.5, 0.6) is 0 Å². The van der Waals surface area contributed by atoms with Crippen molar-refractivity contribution in [1.82, 2.24) is 0 Å². The van der Waals surface area contributed by atoms with Gasteiger partial charge in [-0.2, -0.15) is 0 Å². The average molecular weight is 212 g/mol. The summed E-state index contributed by atoms with van der Waals surface area (Å²) in [6, 6.07) is 0. The van der Waals surface area contributed by atoms with Crippen molar-refractivity contribution in [2.75, 3.05) is 13.2 Å². The van der Waals surface area contributed by atoms with Gasteiger partial charge in [-0.15, -0.1) is 0 Å². The minimum absolute atomic E-state index is 0. The van der Waals surface area contributed by atoms with E-state index in [-0.39, 0.29) is 50.2 Å². The fraction of sp³-hybridized carbons (Fsp3) is 0.900. The van der Waals surface area contributed by atoms with E-state index in [1.54, 1.807) is 0 Å². The van der Waals surface area contributed by atoms with Crippen LogP contribution in [0.25, 0.3) is 0 Å². The van der Waals surface area contributed by atoms with Gasteiger partial charge in [0.1, 0.15) is 6.61 Å². The maximum atomic E-state index is 10.9. The first kappa shape index (κ1) is 16.8. The third-order valence-corrected chi connectivity index (χ3v) is 1.77. The largest absolute Gasteiger partial charge is 1.00 e. The van der Waals surface area contributed by atoms with E-state index >= 15 is 0 Å². The first-order chi connectivity index (χ1) is 6.16. The van der Waals surface area contributed by atoms with Crippen LogP contribution in [0.1, 0.15) is 41.0 Å². The van der Waals surface area contributed by atoms with Gasteiger partial charge in [0.2, 0.25) is 0 Å². The van der Waals surface area contributed by atoms with Gasteiger partial charge in [0, 0.05) is 6.42 Å². The van der Waals surface area contributed by atoms with Gasteiger partial charge < -0.3 is 11.3 Å². The second-order valence-electron chi connectivity index (χ2n) is 3.58. The molecule has 80 valence electrons. The Morgan fingerprint density at radius 3 is 2.57 bits per heavy atom. The summed E-state index contributed by atoms with van der Waals surface area (Å²) in [7, 11) is 0. The summed E-state index contributed by atoms with van der Waals surface area (Å²) in [5, 5.41) is 8.38. The number of carbonyl (C=O) groups is 1. The SMILES string of the molecule is CC(C)CCCCC(=O)OCCO.[H-].[Na+]. The summed E-state index contributed by atoms with van der Waals surface area (Å²) in [4.78, 5) is 10.9. The van der Waals surface area contributed by atoms with Crippen LogP contribution in [0.15, 0.2) is 0 Å². The molecular formula is C10H21NaO3. The standard InChI is InChI=1S/C10H20O3.Na.H/c1-9(2)5-3-4-6-10(12)13-8-7-11;;/h9,11H,3-8H2,1-2H3;;/q;+1;-1. The Kier molecular flexibility index (Phi) is 13.8. The van der Waals surface area contributed by atoms with Crippen molar-refractivity contribution in [3.05, 3.63) is 0 Å². The smallest absolute Gasteiger partial charge is 1.00 e. The molecule has 0 heterocycles. The molecule has 14 heavy (non-hydrogen) atoms. The van der Waals surface area contributed by atoms with Crippen molar-refractivity contribution < 1.29 is 45.6 Å². The van der Waals surface area contributed by atoms with E-state index in [9.17, 15) is 4.79 Å². The van der Waals surface area contributed by atoms with Crippen LogP contribution in [0.3, 0.4) is 0 Å². The van der Waals surface area contributed by atoms with E-state index in [2.05, 4.69) is 13.8 Å². The summed E-state index contributed by atoms with van der Waals surface area (Å²) in [6.45, 7) is 4.38. The molecule has 0 spiro atoms. The molecule has 3 nitrogen and oxygen atoms in total. The van der Waals surface area contributed by atoms with Gasteiger partial charge in [0.15, 0.2) is 0 Å². The molecule has 0 aromatic carbocycles. The topological polar surface area (TPSA) is 46.5 Å². The van der Waals surface area contributed by atoms with Gasteiger partial charge in [0.25, 0.3) is 0 Å². The van der Waals surface area contributed by atoms with E-state index in [0.29, 0.717) is 12.3 Å². The number of aliphatic hydroxyl groups excluding tert-OH is 1. The van der Waals surface area contributed by atoms with Crippen molar-refractivity contribution in [1.29, 1.82) is 0 Å². The molecule has 0 aromatic rings. The minimum Gasteiger partial charge on any atom is -1.00 e. The molecule has 0 atom stereocenters. The minimum atomic E-state index is -0.196. The number of hydrogen-bond donors (Lipinski definition) is 1. The first-order valence-electron chi connectivity index (χ1n) is 4.93. The molecule has 0 amide bonds. The van der Waals surface area contributed by atoms with Crippen molar-refractivity contribution in [2.24, 2.45) is 5.92 Å². The van der Waals surface area contributed by atoms with Crippen LogP contribution in [0.2, 0.25) is 0 Å². The summed E-state index contributed by atoms with van der Waals surface area (Å²) in [5.41, 5.74) is 0. The van der Waals surface area contributed by atoms with Crippen molar-refractivity contribution in [2.45, 2.75) is 39.5 Å². The molecule has 0 aromatic heterocycles. The van der Waals surface area contributed by atoms with Crippen LogP contribution in [0.4, 0.5) is 0 Å². The van der Waals surface area contributed by atoms with Crippen LogP contribution < -0.4 is 29.6 Å². The van der Waals surface area contributed by atoms with E-state index in [0.717, 1.165) is 19.3 Å². The Bertz CT molecular complexity index is 143. The Balaban J connectivity index is -0.000000720.